The summed E-state index contributed by atoms with van der Waals surface area (Å²) in [5, 5.41) is 4.36. The van der Waals surface area contributed by atoms with Crippen LogP contribution < -0.4 is 5.32 Å². The van der Waals surface area contributed by atoms with Crippen molar-refractivity contribution in [1.29, 1.82) is 0 Å². The van der Waals surface area contributed by atoms with Gasteiger partial charge in [0, 0.05) is 36.0 Å². The minimum absolute atomic E-state index is 0.170. The second kappa shape index (κ2) is 9.01. The van der Waals surface area contributed by atoms with Crippen LogP contribution in [0.3, 0.4) is 0 Å². The SMILES string of the molecule is COC(=O)c1ccc(CNC(=O)CCCN2C(=O)c3cccc4cccc(c34)C2=O)cc1. The van der Waals surface area contributed by atoms with Gasteiger partial charge < -0.3 is 10.1 Å². The average Bonchev–Trinajstić information content (AvgIpc) is 2.83. The number of methoxy groups -OCH3 is 1. The molecule has 0 saturated heterocycles. The van der Waals surface area contributed by atoms with Crippen molar-refractivity contribution < 1.29 is 23.9 Å². The standard InChI is InChI=1S/C25H22N2O5/c1-32-25(31)18-12-10-16(11-13-18)15-26-21(28)9-4-14-27-23(29)19-7-2-5-17-6-3-8-20(22(17)19)24(27)30/h2-3,5-8,10-13H,4,9,14-15H2,1H3,(H,26,28). The van der Waals surface area contributed by atoms with Gasteiger partial charge in [0.15, 0.2) is 0 Å². The van der Waals surface area contributed by atoms with Gasteiger partial charge in [0.25, 0.3) is 11.8 Å². The Morgan fingerprint density at radius 1 is 0.906 bits per heavy atom. The highest BCUT2D eigenvalue weighted by atomic mass is 16.5. The summed E-state index contributed by atoms with van der Waals surface area (Å²) in [7, 11) is 1.32. The molecule has 3 aromatic rings. The van der Waals surface area contributed by atoms with Crippen molar-refractivity contribution in [1.82, 2.24) is 10.2 Å². The Labute approximate surface area is 185 Å². The van der Waals surface area contributed by atoms with E-state index in [1.165, 1.54) is 12.0 Å². The minimum atomic E-state index is -0.416. The number of amides is 3. The Balaban J connectivity index is 1.32. The van der Waals surface area contributed by atoms with Crippen molar-refractivity contribution in [2.75, 3.05) is 13.7 Å². The van der Waals surface area contributed by atoms with Crippen LogP contribution in [0.2, 0.25) is 0 Å². The van der Waals surface area contributed by atoms with E-state index in [1.807, 2.05) is 12.1 Å². The number of esters is 1. The molecule has 1 aliphatic heterocycles. The molecule has 7 heteroatoms. The van der Waals surface area contributed by atoms with E-state index in [0.29, 0.717) is 35.0 Å². The van der Waals surface area contributed by atoms with E-state index >= 15 is 0 Å². The first kappa shape index (κ1) is 21.2. The smallest absolute Gasteiger partial charge is 0.337 e. The Morgan fingerprint density at radius 3 is 2.12 bits per heavy atom. The van der Waals surface area contributed by atoms with E-state index in [4.69, 9.17) is 0 Å². The molecule has 3 aromatic carbocycles. The summed E-state index contributed by atoms with van der Waals surface area (Å²) < 4.78 is 4.66. The van der Waals surface area contributed by atoms with Gasteiger partial charge in [0.05, 0.1) is 12.7 Å². The Morgan fingerprint density at radius 2 is 1.53 bits per heavy atom. The summed E-state index contributed by atoms with van der Waals surface area (Å²) in [4.78, 5) is 50.6. The molecule has 1 N–H and O–H groups in total. The molecular formula is C25H22N2O5. The van der Waals surface area contributed by atoms with E-state index in [-0.39, 0.29) is 30.7 Å². The molecule has 4 rings (SSSR count). The summed E-state index contributed by atoms with van der Waals surface area (Å²) in [6.07, 6.45) is 0.548. The molecule has 0 bridgehead atoms. The van der Waals surface area contributed by atoms with E-state index in [1.54, 1.807) is 48.5 Å². The van der Waals surface area contributed by atoms with Gasteiger partial charge in [-0.15, -0.1) is 0 Å². The number of nitrogens with zero attached hydrogens (tertiary/aromatic N) is 1. The zero-order valence-electron chi connectivity index (χ0n) is 17.6. The predicted octanol–water partition coefficient (Wildman–Crippen LogP) is 3.32. The molecule has 1 heterocycles. The van der Waals surface area contributed by atoms with Crippen LogP contribution in [0.4, 0.5) is 0 Å². The first-order valence-corrected chi connectivity index (χ1v) is 10.3. The normalized spacial score (nSPS) is 12.7. The van der Waals surface area contributed by atoms with Crippen LogP contribution in [0.15, 0.2) is 60.7 Å². The monoisotopic (exact) mass is 430 g/mol. The molecular weight excluding hydrogens is 408 g/mol. The molecule has 0 fully saturated rings. The van der Waals surface area contributed by atoms with Crippen LogP contribution >= 0.6 is 0 Å². The molecule has 0 aromatic heterocycles. The maximum atomic E-state index is 12.9. The number of hydrogen-bond donors (Lipinski definition) is 1. The molecule has 0 unspecified atom stereocenters. The molecule has 0 aliphatic carbocycles. The summed E-state index contributed by atoms with van der Waals surface area (Å²) in [6, 6.07) is 17.6. The number of rotatable bonds is 7. The van der Waals surface area contributed by atoms with Gasteiger partial charge in [0.2, 0.25) is 5.91 Å². The number of nitrogens with one attached hydrogen (secondary N) is 1. The number of hydrogen-bond acceptors (Lipinski definition) is 5. The molecule has 0 radical (unpaired) electrons. The summed E-state index contributed by atoms with van der Waals surface area (Å²) in [6.45, 7) is 0.487. The molecule has 1 aliphatic rings. The Bertz CT molecular complexity index is 1170. The average molecular weight is 430 g/mol. The van der Waals surface area contributed by atoms with Gasteiger partial charge >= 0.3 is 5.97 Å². The highest BCUT2D eigenvalue weighted by molar-refractivity contribution is 6.25. The Hall–Kier alpha value is -4.00. The van der Waals surface area contributed by atoms with Crippen molar-refractivity contribution in [2.24, 2.45) is 0 Å². The van der Waals surface area contributed by atoms with E-state index < -0.39 is 5.97 Å². The maximum absolute atomic E-state index is 12.9. The number of benzene rings is 3. The highest BCUT2D eigenvalue weighted by Gasteiger charge is 2.32. The lowest BCUT2D eigenvalue weighted by Gasteiger charge is -2.27. The van der Waals surface area contributed by atoms with Crippen molar-refractivity contribution in [2.45, 2.75) is 19.4 Å². The fourth-order valence-electron chi connectivity index (χ4n) is 3.85. The van der Waals surface area contributed by atoms with Gasteiger partial charge in [-0.25, -0.2) is 4.79 Å². The molecule has 7 nitrogen and oxygen atoms in total. The van der Waals surface area contributed by atoms with E-state index in [9.17, 15) is 19.2 Å². The van der Waals surface area contributed by atoms with Gasteiger partial charge in [-0.1, -0.05) is 36.4 Å². The van der Waals surface area contributed by atoms with Crippen molar-refractivity contribution >= 4 is 34.5 Å². The zero-order chi connectivity index (χ0) is 22.7. The first-order valence-electron chi connectivity index (χ1n) is 10.3. The summed E-state index contributed by atoms with van der Waals surface area (Å²) in [5.74, 6) is -1.25. The quantitative estimate of drug-likeness (QED) is 0.459. The molecule has 3 amide bonds. The summed E-state index contributed by atoms with van der Waals surface area (Å²) in [5.41, 5.74) is 2.31. The van der Waals surface area contributed by atoms with Crippen LogP contribution in [-0.4, -0.2) is 42.2 Å². The van der Waals surface area contributed by atoms with Crippen molar-refractivity contribution in [3.05, 3.63) is 82.9 Å². The lowest BCUT2D eigenvalue weighted by molar-refractivity contribution is -0.121. The number of imide groups is 1. The topological polar surface area (TPSA) is 92.8 Å². The zero-order valence-corrected chi connectivity index (χ0v) is 17.6. The second-order valence-corrected chi connectivity index (χ2v) is 7.54. The second-order valence-electron chi connectivity index (χ2n) is 7.54. The predicted molar refractivity (Wildman–Crippen MR) is 118 cm³/mol. The molecule has 0 spiro atoms. The van der Waals surface area contributed by atoms with Crippen LogP contribution in [0, 0.1) is 0 Å². The lowest BCUT2D eigenvalue weighted by atomic mass is 9.94. The first-order chi connectivity index (χ1) is 15.5. The molecule has 0 atom stereocenters. The molecule has 162 valence electrons. The van der Waals surface area contributed by atoms with Crippen molar-refractivity contribution in [3.8, 4) is 0 Å². The Kier molecular flexibility index (Phi) is 5.98. The largest absolute Gasteiger partial charge is 0.465 e. The van der Waals surface area contributed by atoms with Gasteiger partial charge in [-0.05, 0) is 41.6 Å². The highest BCUT2D eigenvalue weighted by Crippen LogP contribution is 2.30. The minimum Gasteiger partial charge on any atom is -0.465 e. The third-order valence-electron chi connectivity index (χ3n) is 5.51. The van der Waals surface area contributed by atoms with Crippen LogP contribution in [0.1, 0.15) is 49.5 Å². The lowest BCUT2D eigenvalue weighted by Crippen LogP contribution is -2.41. The third-order valence-corrected chi connectivity index (χ3v) is 5.51. The number of carbonyl (C=O) groups is 4. The van der Waals surface area contributed by atoms with Crippen LogP contribution in [0.25, 0.3) is 10.8 Å². The number of carbonyl (C=O) groups excluding carboxylic acids is 4. The van der Waals surface area contributed by atoms with Crippen molar-refractivity contribution in [3.63, 3.8) is 0 Å². The van der Waals surface area contributed by atoms with Crippen LogP contribution in [-0.2, 0) is 16.1 Å². The van der Waals surface area contributed by atoms with Crippen LogP contribution in [0.5, 0.6) is 0 Å². The number of ether oxygens (including phenoxy) is 1. The van der Waals surface area contributed by atoms with Gasteiger partial charge in [-0.3, -0.25) is 19.3 Å². The summed E-state index contributed by atoms with van der Waals surface area (Å²) >= 11 is 0. The third kappa shape index (κ3) is 4.09. The van der Waals surface area contributed by atoms with Gasteiger partial charge in [0.1, 0.15) is 0 Å². The fraction of sp³-hybridized carbons (Fsp3) is 0.200. The molecule has 0 saturated carbocycles. The molecule has 32 heavy (non-hydrogen) atoms. The van der Waals surface area contributed by atoms with E-state index in [2.05, 4.69) is 10.1 Å². The van der Waals surface area contributed by atoms with E-state index in [0.717, 1.165) is 10.9 Å². The maximum Gasteiger partial charge on any atom is 0.337 e. The van der Waals surface area contributed by atoms with Gasteiger partial charge in [-0.2, -0.15) is 0 Å². The fourth-order valence-corrected chi connectivity index (χ4v) is 3.85.